The van der Waals surface area contributed by atoms with Gasteiger partial charge in [-0.2, -0.15) is 15.5 Å². The first-order valence-electron chi connectivity index (χ1n) is 9.94. The molecule has 1 saturated heterocycles. The van der Waals surface area contributed by atoms with Crippen molar-refractivity contribution in [2.45, 2.75) is 32.2 Å². The van der Waals surface area contributed by atoms with Gasteiger partial charge in [0.05, 0.1) is 29.5 Å². The van der Waals surface area contributed by atoms with E-state index < -0.39 is 0 Å². The minimum absolute atomic E-state index is 0.0525. The molecule has 5 rings (SSSR count). The van der Waals surface area contributed by atoms with E-state index >= 15 is 0 Å². The van der Waals surface area contributed by atoms with Crippen LogP contribution >= 0.6 is 0 Å². The lowest BCUT2D eigenvalue weighted by atomic mass is 10.0. The summed E-state index contributed by atoms with van der Waals surface area (Å²) in [5, 5.41) is 18.0. The molecule has 0 saturated carbocycles. The molecule has 5 heterocycles. The molecule has 0 aromatic carbocycles. The molecule has 30 heavy (non-hydrogen) atoms. The fourth-order valence-corrected chi connectivity index (χ4v) is 4.19. The zero-order valence-corrected chi connectivity index (χ0v) is 16.6. The Balaban J connectivity index is 1.56. The first kappa shape index (κ1) is 18.2. The third-order valence-electron chi connectivity index (χ3n) is 5.63. The number of aryl methyl sites for hydroxylation is 1. The highest BCUT2D eigenvalue weighted by Gasteiger charge is 2.27. The number of aromatic nitrogens is 6. The molecule has 9 nitrogen and oxygen atoms in total. The number of nitrogens with zero attached hydrogens (tertiary/aromatic N) is 8. The number of nitriles is 1. The van der Waals surface area contributed by atoms with Gasteiger partial charge in [0.25, 0.3) is 0 Å². The number of rotatable bonds is 3. The van der Waals surface area contributed by atoms with Crippen molar-refractivity contribution in [3.63, 3.8) is 0 Å². The van der Waals surface area contributed by atoms with Gasteiger partial charge in [-0.25, -0.2) is 9.50 Å². The zero-order chi connectivity index (χ0) is 20.7. The number of hydrogen-bond acceptors (Lipinski definition) is 6. The molecule has 0 N–H and O–H groups in total. The van der Waals surface area contributed by atoms with E-state index in [-0.39, 0.29) is 18.4 Å². The number of amides is 1. The van der Waals surface area contributed by atoms with Crippen LogP contribution < -0.4 is 0 Å². The van der Waals surface area contributed by atoms with Crippen LogP contribution in [0.3, 0.4) is 0 Å². The van der Waals surface area contributed by atoms with Gasteiger partial charge in [-0.1, -0.05) is 0 Å². The van der Waals surface area contributed by atoms with Crippen molar-refractivity contribution in [2.75, 3.05) is 13.1 Å². The molecular formula is C21H20N8O. The highest BCUT2D eigenvalue weighted by Crippen LogP contribution is 2.30. The van der Waals surface area contributed by atoms with Gasteiger partial charge >= 0.3 is 0 Å². The van der Waals surface area contributed by atoms with Gasteiger partial charge < -0.3 is 4.90 Å². The molecule has 4 aromatic heterocycles. The molecule has 0 spiro atoms. The Morgan fingerprint density at radius 3 is 3.10 bits per heavy atom. The van der Waals surface area contributed by atoms with Gasteiger partial charge in [-0.15, -0.1) is 0 Å². The summed E-state index contributed by atoms with van der Waals surface area (Å²) in [5.74, 6) is -0.119. The van der Waals surface area contributed by atoms with Gasteiger partial charge in [0, 0.05) is 42.8 Å². The minimum Gasteiger partial charge on any atom is -0.340 e. The number of fused-ring (bicyclic) bond motifs is 2. The van der Waals surface area contributed by atoms with E-state index in [1.54, 1.807) is 21.8 Å². The van der Waals surface area contributed by atoms with Crippen molar-refractivity contribution in [3.05, 3.63) is 42.6 Å². The normalized spacial score (nSPS) is 16.8. The van der Waals surface area contributed by atoms with Crippen LogP contribution in [-0.4, -0.2) is 53.3 Å². The number of pyridine rings is 1. The molecule has 1 atom stereocenters. The second-order valence-electron chi connectivity index (χ2n) is 7.54. The summed E-state index contributed by atoms with van der Waals surface area (Å²) < 4.78 is 3.73. The average Bonchev–Trinajstić information content (AvgIpc) is 3.35. The van der Waals surface area contributed by atoms with Crippen molar-refractivity contribution < 1.29 is 4.79 Å². The maximum Gasteiger partial charge on any atom is 0.236 e. The zero-order valence-electron chi connectivity index (χ0n) is 16.6. The number of carbonyl (C=O) groups is 1. The highest BCUT2D eigenvalue weighted by molar-refractivity contribution is 5.86. The van der Waals surface area contributed by atoms with E-state index in [2.05, 4.69) is 21.1 Å². The standard InChI is InChI=1S/C21H20N8O/c1-14-20-18(29(26-14)16-4-2-8-27(13-16)19(30)5-6-22)10-15(11-24-20)17-12-25-28-9-3-7-23-21(17)28/h3,7,9-12,16H,2,4-5,8,13H2,1H3. The number of hydrogen-bond donors (Lipinski definition) is 0. The Morgan fingerprint density at radius 2 is 2.23 bits per heavy atom. The molecule has 1 aliphatic rings. The topological polar surface area (TPSA) is 105 Å². The van der Waals surface area contributed by atoms with Crippen molar-refractivity contribution in [3.8, 4) is 17.2 Å². The first-order valence-corrected chi connectivity index (χ1v) is 9.94. The monoisotopic (exact) mass is 400 g/mol. The van der Waals surface area contributed by atoms with Crippen molar-refractivity contribution in [1.29, 1.82) is 5.26 Å². The number of likely N-dealkylation sites (tertiary alicyclic amines) is 1. The van der Waals surface area contributed by atoms with E-state index in [0.29, 0.717) is 13.1 Å². The Kier molecular flexibility index (Phi) is 4.39. The summed E-state index contributed by atoms with van der Waals surface area (Å²) in [6.07, 6.45) is 8.95. The van der Waals surface area contributed by atoms with Crippen molar-refractivity contribution in [1.82, 2.24) is 34.3 Å². The molecule has 4 aromatic rings. The van der Waals surface area contributed by atoms with Gasteiger partial charge in [0.2, 0.25) is 5.91 Å². The number of carbonyl (C=O) groups excluding carboxylic acids is 1. The summed E-state index contributed by atoms with van der Waals surface area (Å²) in [6.45, 7) is 3.19. The Bertz CT molecular complexity index is 1300. The summed E-state index contributed by atoms with van der Waals surface area (Å²) in [7, 11) is 0. The maximum absolute atomic E-state index is 12.2. The Labute approximate surface area is 172 Å². The predicted molar refractivity (Wildman–Crippen MR) is 109 cm³/mol. The van der Waals surface area contributed by atoms with Crippen LogP contribution in [0.5, 0.6) is 0 Å². The van der Waals surface area contributed by atoms with E-state index in [9.17, 15) is 4.79 Å². The molecular weight excluding hydrogens is 380 g/mol. The van der Waals surface area contributed by atoms with E-state index in [4.69, 9.17) is 10.4 Å². The van der Waals surface area contributed by atoms with Gasteiger partial charge in [-0.3, -0.25) is 14.5 Å². The lowest BCUT2D eigenvalue weighted by Crippen LogP contribution is -2.40. The van der Waals surface area contributed by atoms with E-state index in [1.807, 2.05) is 36.1 Å². The number of piperidine rings is 1. The molecule has 1 fully saturated rings. The predicted octanol–water partition coefficient (Wildman–Crippen LogP) is 2.53. The Hall–Kier alpha value is -3.80. The van der Waals surface area contributed by atoms with Crippen molar-refractivity contribution >= 4 is 22.6 Å². The van der Waals surface area contributed by atoms with Crippen LogP contribution in [0, 0.1) is 18.3 Å². The van der Waals surface area contributed by atoms with Crippen LogP contribution in [-0.2, 0) is 4.79 Å². The fourth-order valence-electron chi connectivity index (χ4n) is 4.19. The quantitative estimate of drug-likeness (QED) is 0.523. The molecule has 1 aliphatic heterocycles. The summed E-state index contributed by atoms with van der Waals surface area (Å²) in [4.78, 5) is 23.1. The van der Waals surface area contributed by atoms with E-state index in [0.717, 1.165) is 46.3 Å². The lowest BCUT2D eigenvalue weighted by molar-refractivity contribution is -0.131. The Morgan fingerprint density at radius 1 is 1.33 bits per heavy atom. The van der Waals surface area contributed by atoms with Gasteiger partial charge in [0.1, 0.15) is 11.9 Å². The average molecular weight is 400 g/mol. The summed E-state index contributed by atoms with van der Waals surface area (Å²) in [6, 6.07) is 5.92. The molecule has 0 radical (unpaired) electrons. The SMILES string of the molecule is Cc1nn(C2CCCN(C(=O)CC#N)C2)c2cc(-c3cnn4cccnc34)cnc12. The summed E-state index contributed by atoms with van der Waals surface area (Å²) in [5.41, 5.74) is 5.24. The minimum atomic E-state index is -0.119. The molecule has 0 bridgehead atoms. The fraction of sp³-hybridized carbons (Fsp3) is 0.333. The largest absolute Gasteiger partial charge is 0.340 e. The van der Waals surface area contributed by atoms with Gasteiger partial charge in [-0.05, 0) is 31.9 Å². The third kappa shape index (κ3) is 2.97. The first-order chi connectivity index (χ1) is 14.7. The second kappa shape index (κ2) is 7.22. The molecule has 1 unspecified atom stereocenters. The highest BCUT2D eigenvalue weighted by atomic mass is 16.2. The second-order valence-corrected chi connectivity index (χ2v) is 7.54. The third-order valence-corrected chi connectivity index (χ3v) is 5.63. The molecule has 150 valence electrons. The molecule has 1 amide bonds. The summed E-state index contributed by atoms with van der Waals surface area (Å²) >= 11 is 0. The smallest absolute Gasteiger partial charge is 0.236 e. The van der Waals surface area contributed by atoms with Crippen LogP contribution in [0.1, 0.15) is 31.0 Å². The lowest BCUT2D eigenvalue weighted by Gasteiger charge is -2.32. The maximum atomic E-state index is 12.2. The van der Waals surface area contributed by atoms with Crippen molar-refractivity contribution in [2.24, 2.45) is 0 Å². The van der Waals surface area contributed by atoms with Gasteiger partial charge in [0.15, 0.2) is 5.65 Å². The van der Waals surface area contributed by atoms with Crippen LogP contribution in [0.25, 0.3) is 27.8 Å². The van der Waals surface area contributed by atoms with Crippen LogP contribution in [0.15, 0.2) is 36.9 Å². The van der Waals surface area contributed by atoms with Crippen LogP contribution in [0.2, 0.25) is 0 Å². The van der Waals surface area contributed by atoms with E-state index in [1.165, 1.54) is 0 Å². The van der Waals surface area contributed by atoms with Crippen LogP contribution in [0.4, 0.5) is 0 Å². The molecule has 0 aliphatic carbocycles. The molecule has 9 heteroatoms.